The molecule has 5 heteroatoms. The molecule has 146 valence electrons. The summed E-state index contributed by atoms with van der Waals surface area (Å²) in [4.78, 5) is 0. The lowest BCUT2D eigenvalue weighted by molar-refractivity contribution is 0.459. The molecule has 3 aromatic carbocycles. The smallest absolute Gasteiger partial charge is 0.204 e. The third-order valence-electron chi connectivity index (χ3n) is 6.19. The van der Waals surface area contributed by atoms with Gasteiger partial charge in [-0.15, -0.1) is 10.2 Å². The second-order valence-electron chi connectivity index (χ2n) is 8.02. The van der Waals surface area contributed by atoms with Gasteiger partial charge in [-0.2, -0.15) is 5.21 Å². The number of nitrogens with zero attached hydrogens (tertiary/aromatic N) is 3. The fourth-order valence-corrected chi connectivity index (χ4v) is 4.70. The van der Waals surface area contributed by atoms with E-state index in [1.54, 1.807) is 0 Å². The van der Waals surface area contributed by atoms with Gasteiger partial charge in [-0.25, -0.2) is 0 Å². The van der Waals surface area contributed by atoms with Crippen LogP contribution in [0.25, 0.3) is 22.2 Å². The predicted molar refractivity (Wildman–Crippen MR) is 115 cm³/mol. The molecule has 1 saturated carbocycles. The molecule has 1 heterocycles. The molecule has 1 aromatic heterocycles. The van der Waals surface area contributed by atoms with Crippen molar-refractivity contribution in [3.05, 3.63) is 77.9 Å². The number of hydrogen-bond donors (Lipinski definition) is 2. The Morgan fingerprint density at radius 1 is 0.966 bits per heavy atom. The molecule has 1 aliphatic rings. The maximum absolute atomic E-state index is 4.05. The molecule has 0 amide bonds. The first-order valence-corrected chi connectivity index (χ1v) is 10.4. The second kappa shape index (κ2) is 7.76. The number of tetrazole rings is 1. The van der Waals surface area contributed by atoms with Crippen LogP contribution < -0.4 is 5.32 Å². The van der Waals surface area contributed by atoms with Crippen molar-refractivity contribution in [1.29, 1.82) is 0 Å². The zero-order valence-electron chi connectivity index (χ0n) is 16.5. The number of nitrogens with one attached hydrogen (secondary N) is 2. The first-order chi connectivity index (χ1) is 14.3. The number of aromatic nitrogens is 4. The van der Waals surface area contributed by atoms with Gasteiger partial charge < -0.3 is 5.32 Å². The van der Waals surface area contributed by atoms with Gasteiger partial charge in [0, 0.05) is 17.6 Å². The van der Waals surface area contributed by atoms with Crippen LogP contribution in [0.1, 0.15) is 49.3 Å². The highest BCUT2D eigenvalue weighted by Gasteiger charge is 2.27. The molecule has 0 aliphatic heterocycles. The topological polar surface area (TPSA) is 66.5 Å². The average molecular weight is 383 g/mol. The molecule has 1 aliphatic carbocycles. The van der Waals surface area contributed by atoms with Crippen LogP contribution in [0, 0.1) is 0 Å². The van der Waals surface area contributed by atoms with Crippen LogP contribution in [0.15, 0.2) is 66.7 Å². The number of H-pyrrole nitrogens is 1. The van der Waals surface area contributed by atoms with Crippen LogP contribution in [-0.2, 0) is 0 Å². The van der Waals surface area contributed by atoms with E-state index < -0.39 is 0 Å². The van der Waals surface area contributed by atoms with E-state index in [1.807, 2.05) is 0 Å². The molecule has 5 rings (SSSR count). The van der Waals surface area contributed by atoms with Crippen LogP contribution in [0.5, 0.6) is 0 Å². The fraction of sp³-hybridized carbons (Fsp3) is 0.292. The summed E-state index contributed by atoms with van der Waals surface area (Å²) in [6.07, 6.45) is 3.62. The Bertz CT molecular complexity index is 1080. The molecule has 5 nitrogen and oxygen atoms in total. The lowest BCUT2D eigenvalue weighted by Crippen LogP contribution is -2.29. The van der Waals surface area contributed by atoms with Crippen molar-refractivity contribution < 1.29 is 0 Å². The van der Waals surface area contributed by atoms with E-state index in [0.29, 0.717) is 23.8 Å². The maximum Gasteiger partial charge on any atom is 0.204 e. The van der Waals surface area contributed by atoms with Crippen LogP contribution in [0.4, 0.5) is 0 Å². The molecule has 0 spiro atoms. The van der Waals surface area contributed by atoms with Gasteiger partial charge in [-0.05, 0) is 59.2 Å². The molecular weight excluding hydrogens is 358 g/mol. The minimum Gasteiger partial charge on any atom is -0.307 e. The van der Waals surface area contributed by atoms with Crippen molar-refractivity contribution in [2.45, 2.75) is 44.2 Å². The molecule has 1 fully saturated rings. The van der Waals surface area contributed by atoms with Crippen molar-refractivity contribution in [3.63, 3.8) is 0 Å². The van der Waals surface area contributed by atoms with Crippen molar-refractivity contribution in [2.75, 3.05) is 0 Å². The minimum absolute atomic E-state index is 0.338. The fourth-order valence-electron chi connectivity index (χ4n) is 4.70. The normalized spacial score (nSPS) is 20.2. The molecule has 1 unspecified atom stereocenters. The van der Waals surface area contributed by atoms with Gasteiger partial charge in [0.05, 0.1) is 0 Å². The standard InChI is InChI=1S/C24H25N5/c1-16(22-8-4-6-18-5-2-3-7-23(18)22)25-21-14-13-20(15-21)17-9-11-19(12-10-17)24-26-28-29-27-24/h2-12,16,20-21,25H,13-15H2,1H3,(H,26,27,28,29)/t16-,20+,21?/m1/s1. The largest absolute Gasteiger partial charge is 0.307 e. The summed E-state index contributed by atoms with van der Waals surface area (Å²) in [5, 5.41) is 20.8. The SMILES string of the molecule is C[C@@H](NC1CC[C@H](c2ccc(-c3nn[nH]n3)cc2)C1)c1cccc2ccccc12. The summed E-state index contributed by atoms with van der Waals surface area (Å²) in [6, 6.07) is 24.8. The molecular formula is C24H25N5. The Morgan fingerprint density at radius 3 is 2.62 bits per heavy atom. The molecule has 2 N–H and O–H groups in total. The summed E-state index contributed by atoms with van der Waals surface area (Å²) in [5.41, 5.74) is 3.79. The van der Waals surface area contributed by atoms with E-state index in [9.17, 15) is 0 Å². The number of benzene rings is 3. The summed E-state index contributed by atoms with van der Waals surface area (Å²) in [5.74, 6) is 1.25. The van der Waals surface area contributed by atoms with E-state index in [1.165, 1.54) is 41.2 Å². The number of aromatic amines is 1. The monoisotopic (exact) mass is 383 g/mol. The third kappa shape index (κ3) is 3.66. The zero-order valence-corrected chi connectivity index (χ0v) is 16.5. The molecule has 0 saturated heterocycles. The summed E-state index contributed by atoms with van der Waals surface area (Å²) in [7, 11) is 0. The van der Waals surface area contributed by atoms with Crippen molar-refractivity contribution >= 4 is 10.8 Å². The van der Waals surface area contributed by atoms with E-state index in [0.717, 1.165) is 5.56 Å². The van der Waals surface area contributed by atoms with Crippen molar-refractivity contribution in [2.24, 2.45) is 0 Å². The highest BCUT2D eigenvalue weighted by atomic mass is 15.5. The van der Waals surface area contributed by atoms with Gasteiger partial charge in [0.25, 0.3) is 0 Å². The highest BCUT2D eigenvalue weighted by Crippen LogP contribution is 2.36. The van der Waals surface area contributed by atoms with Crippen LogP contribution in [0.2, 0.25) is 0 Å². The van der Waals surface area contributed by atoms with Crippen molar-refractivity contribution in [1.82, 2.24) is 25.9 Å². The van der Waals surface area contributed by atoms with E-state index in [4.69, 9.17) is 0 Å². The minimum atomic E-state index is 0.338. The van der Waals surface area contributed by atoms with Gasteiger partial charge in [0.2, 0.25) is 5.82 Å². The number of hydrogen-bond acceptors (Lipinski definition) is 4. The van der Waals surface area contributed by atoms with Crippen LogP contribution >= 0.6 is 0 Å². The maximum atomic E-state index is 4.05. The molecule has 0 radical (unpaired) electrons. The van der Waals surface area contributed by atoms with Gasteiger partial charge in [-0.3, -0.25) is 0 Å². The summed E-state index contributed by atoms with van der Waals surface area (Å²) < 4.78 is 0. The first kappa shape index (κ1) is 18.0. The molecule has 4 aromatic rings. The Morgan fingerprint density at radius 2 is 1.79 bits per heavy atom. The van der Waals surface area contributed by atoms with Gasteiger partial charge in [-0.1, -0.05) is 66.7 Å². The van der Waals surface area contributed by atoms with Crippen LogP contribution in [-0.4, -0.2) is 26.7 Å². The predicted octanol–water partition coefficient (Wildman–Crippen LogP) is 5.01. The third-order valence-corrected chi connectivity index (χ3v) is 6.19. The first-order valence-electron chi connectivity index (χ1n) is 10.4. The Balaban J connectivity index is 1.26. The highest BCUT2D eigenvalue weighted by molar-refractivity contribution is 5.86. The van der Waals surface area contributed by atoms with Gasteiger partial charge in [0.1, 0.15) is 0 Å². The van der Waals surface area contributed by atoms with Gasteiger partial charge >= 0.3 is 0 Å². The Labute approximate surface area is 170 Å². The van der Waals surface area contributed by atoms with Crippen LogP contribution in [0.3, 0.4) is 0 Å². The molecule has 29 heavy (non-hydrogen) atoms. The number of fused-ring (bicyclic) bond motifs is 1. The molecule has 0 bridgehead atoms. The lowest BCUT2D eigenvalue weighted by Gasteiger charge is -2.21. The zero-order chi connectivity index (χ0) is 19.6. The quantitative estimate of drug-likeness (QED) is 0.508. The second-order valence-corrected chi connectivity index (χ2v) is 8.02. The van der Waals surface area contributed by atoms with E-state index in [2.05, 4.69) is 99.6 Å². The van der Waals surface area contributed by atoms with E-state index >= 15 is 0 Å². The molecule has 3 atom stereocenters. The van der Waals surface area contributed by atoms with Gasteiger partial charge in [0.15, 0.2) is 0 Å². The van der Waals surface area contributed by atoms with Crippen molar-refractivity contribution in [3.8, 4) is 11.4 Å². The van der Waals surface area contributed by atoms with E-state index in [-0.39, 0.29) is 0 Å². The lowest BCUT2D eigenvalue weighted by atomic mass is 9.96. The Kier molecular flexibility index (Phi) is 4.82. The summed E-state index contributed by atoms with van der Waals surface area (Å²) >= 11 is 0. The summed E-state index contributed by atoms with van der Waals surface area (Å²) in [6.45, 7) is 2.29. The number of rotatable bonds is 5. The average Bonchev–Trinajstić information content (AvgIpc) is 3.46. The Hall–Kier alpha value is -3.05.